The Morgan fingerprint density at radius 2 is 1.94 bits per heavy atom. The van der Waals surface area contributed by atoms with Crippen LogP contribution in [0, 0.1) is 5.92 Å². The van der Waals surface area contributed by atoms with Crippen LogP contribution in [-0.4, -0.2) is 31.0 Å². The minimum absolute atomic E-state index is 0.0294. The third kappa shape index (κ3) is 4.93. The molecule has 4 aromatic rings. The molecule has 35 heavy (non-hydrogen) atoms. The van der Waals surface area contributed by atoms with Crippen LogP contribution in [0.4, 0.5) is 0 Å². The largest absolute Gasteiger partial charge is 0.372 e. The molecular formula is C27H34N4O2S2. The van der Waals surface area contributed by atoms with Gasteiger partial charge in [-0.1, -0.05) is 88.5 Å². The Morgan fingerprint density at radius 1 is 1.14 bits per heavy atom. The zero-order chi connectivity index (χ0) is 24.4. The summed E-state index contributed by atoms with van der Waals surface area (Å²) in [5, 5.41) is 10.8. The van der Waals surface area contributed by atoms with Crippen molar-refractivity contribution in [2.75, 3.05) is 5.75 Å². The average Bonchev–Trinajstić information content (AvgIpc) is 3.45. The monoisotopic (exact) mass is 510 g/mol. The Kier molecular flexibility index (Phi) is 7.60. The van der Waals surface area contributed by atoms with E-state index in [1.54, 1.807) is 23.1 Å². The van der Waals surface area contributed by atoms with Crippen molar-refractivity contribution in [2.45, 2.75) is 83.7 Å². The fraction of sp³-hybridized carbons (Fsp3) is 0.519. The number of rotatable bonds is 10. The molecule has 4 heterocycles. The van der Waals surface area contributed by atoms with E-state index in [4.69, 9.17) is 4.74 Å². The number of thiophene rings is 1. The van der Waals surface area contributed by atoms with E-state index in [1.807, 2.05) is 22.8 Å². The standard InChI is InChI=1S/C27H34N4O2S2/c1-4-5-6-7-11-14-34-27-29-28-26-30(16-19-12-9-8-10-13-19)24(32)23-20-15-21(18(2)3)33-17-22(20)35-25(23)31(26)27/h8-10,12-13,18,21H,4-7,11,14-17H2,1-3H3/t21-/m0/s1. The van der Waals surface area contributed by atoms with Crippen molar-refractivity contribution >= 4 is 39.1 Å². The Morgan fingerprint density at radius 3 is 2.71 bits per heavy atom. The third-order valence-electron chi connectivity index (χ3n) is 6.83. The van der Waals surface area contributed by atoms with Crippen LogP contribution in [0.25, 0.3) is 16.0 Å². The molecule has 0 aliphatic carbocycles. The summed E-state index contributed by atoms with van der Waals surface area (Å²) < 4.78 is 10.1. The molecule has 0 amide bonds. The lowest BCUT2D eigenvalue weighted by Gasteiger charge is -2.26. The topological polar surface area (TPSA) is 61.4 Å². The molecule has 0 saturated carbocycles. The van der Waals surface area contributed by atoms with Crippen molar-refractivity contribution in [2.24, 2.45) is 5.92 Å². The van der Waals surface area contributed by atoms with E-state index in [0.717, 1.165) is 50.0 Å². The zero-order valence-corrected chi connectivity index (χ0v) is 22.5. The van der Waals surface area contributed by atoms with Crippen molar-refractivity contribution < 1.29 is 4.74 Å². The number of fused-ring (bicyclic) bond motifs is 5. The maximum atomic E-state index is 14.0. The van der Waals surface area contributed by atoms with Crippen LogP contribution in [0.5, 0.6) is 0 Å². The molecule has 8 heteroatoms. The van der Waals surface area contributed by atoms with Gasteiger partial charge in [-0.3, -0.25) is 9.36 Å². The fourth-order valence-electron chi connectivity index (χ4n) is 4.79. The van der Waals surface area contributed by atoms with Gasteiger partial charge in [0.1, 0.15) is 4.83 Å². The first-order valence-corrected chi connectivity index (χ1v) is 14.6. The van der Waals surface area contributed by atoms with E-state index < -0.39 is 0 Å². The third-order valence-corrected chi connectivity index (χ3v) is 9.04. The summed E-state index contributed by atoms with van der Waals surface area (Å²) in [5.41, 5.74) is 2.27. The highest BCUT2D eigenvalue weighted by molar-refractivity contribution is 7.99. The van der Waals surface area contributed by atoms with Crippen LogP contribution in [0.1, 0.15) is 68.9 Å². The molecular weight excluding hydrogens is 476 g/mol. The number of hydrogen-bond acceptors (Lipinski definition) is 6. The van der Waals surface area contributed by atoms with Gasteiger partial charge >= 0.3 is 0 Å². The maximum Gasteiger partial charge on any atom is 0.264 e. The number of aromatic nitrogens is 4. The van der Waals surface area contributed by atoms with Crippen LogP contribution in [-0.2, 0) is 24.3 Å². The van der Waals surface area contributed by atoms with Gasteiger partial charge in [0.2, 0.25) is 5.78 Å². The minimum atomic E-state index is 0.0294. The number of ether oxygens (including phenoxy) is 1. The summed E-state index contributed by atoms with van der Waals surface area (Å²) in [7, 11) is 0. The highest BCUT2D eigenvalue weighted by Crippen LogP contribution is 2.37. The van der Waals surface area contributed by atoms with E-state index in [0.29, 0.717) is 24.8 Å². The number of unbranched alkanes of at least 4 members (excludes halogenated alkanes) is 4. The second kappa shape index (κ2) is 10.8. The van der Waals surface area contributed by atoms with Crippen molar-refractivity contribution in [3.05, 3.63) is 56.7 Å². The highest BCUT2D eigenvalue weighted by Gasteiger charge is 2.29. The van der Waals surface area contributed by atoms with Crippen LogP contribution in [0.2, 0.25) is 0 Å². The normalized spacial score (nSPS) is 15.9. The highest BCUT2D eigenvalue weighted by atomic mass is 32.2. The molecule has 0 N–H and O–H groups in total. The summed E-state index contributed by atoms with van der Waals surface area (Å²) >= 11 is 3.42. The van der Waals surface area contributed by atoms with Gasteiger partial charge in [0.25, 0.3) is 5.56 Å². The molecule has 0 radical (unpaired) electrons. The van der Waals surface area contributed by atoms with Gasteiger partial charge in [-0.05, 0) is 23.5 Å². The number of benzene rings is 1. The Bertz CT molecular complexity index is 1360. The van der Waals surface area contributed by atoms with Crippen molar-refractivity contribution in [1.82, 2.24) is 19.2 Å². The van der Waals surface area contributed by atoms with Crippen LogP contribution in [0.3, 0.4) is 0 Å². The lowest BCUT2D eigenvalue weighted by Crippen LogP contribution is -2.28. The summed E-state index contributed by atoms with van der Waals surface area (Å²) in [4.78, 5) is 16.1. The molecule has 0 fully saturated rings. The van der Waals surface area contributed by atoms with Crippen LogP contribution >= 0.6 is 23.1 Å². The molecule has 0 spiro atoms. The molecule has 1 atom stereocenters. The predicted octanol–water partition coefficient (Wildman–Crippen LogP) is 6.31. The molecule has 0 bridgehead atoms. The number of thioether (sulfide) groups is 1. The molecule has 0 saturated heterocycles. The average molecular weight is 511 g/mol. The quantitative estimate of drug-likeness (QED) is 0.185. The zero-order valence-electron chi connectivity index (χ0n) is 20.8. The van der Waals surface area contributed by atoms with Gasteiger partial charge in [0.15, 0.2) is 5.16 Å². The van der Waals surface area contributed by atoms with Crippen molar-refractivity contribution in [3.8, 4) is 0 Å². The molecule has 1 aromatic carbocycles. The van der Waals surface area contributed by atoms with Crippen molar-refractivity contribution in [3.63, 3.8) is 0 Å². The minimum Gasteiger partial charge on any atom is -0.372 e. The van der Waals surface area contributed by atoms with Gasteiger partial charge in [-0.25, -0.2) is 4.40 Å². The first kappa shape index (κ1) is 24.5. The predicted molar refractivity (Wildman–Crippen MR) is 145 cm³/mol. The molecule has 6 nitrogen and oxygen atoms in total. The van der Waals surface area contributed by atoms with Crippen molar-refractivity contribution in [1.29, 1.82) is 0 Å². The Labute approximate surface area is 214 Å². The number of hydrogen-bond donors (Lipinski definition) is 0. The second-order valence-corrected chi connectivity index (χ2v) is 11.9. The summed E-state index contributed by atoms with van der Waals surface area (Å²) in [6, 6.07) is 10.1. The van der Waals surface area contributed by atoms with Gasteiger partial charge < -0.3 is 4.74 Å². The molecule has 186 valence electrons. The van der Waals surface area contributed by atoms with E-state index in [9.17, 15) is 4.79 Å². The van der Waals surface area contributed by atoms with E-state index >= 15 is 0 Å². The molecule has 0 unspecified atom stereocenters. The SMILES string of the molecule is CCCCCCCSc1nnc2n(Cc3ccccc3)c(=O)c3c4c(sc3n12)CO[C@H](C(C)C)C4. The Hall–Kier alpha value is -2.16. The maximum absolute atomic E-state index is 14.0. The van der Waals surface area contributed by atoms with E-state index in [2.05, 4.69) is 47.5 Å². The first-order chi connectivity index (χ1) is 17.1. The lowest BCUT2D eigenvalue weighted by molar-refractivity contribution is 0.00200. The smallest absolute Gasteiger partial charge is 0.264 e. The molecule has 1 aliphatic heterocycles. The van der Waals surface area contributed by atoms with E-state index in [-0.39, 0.29) is 11.7 Å². The molecule has 3 aromatic heterocycles. The summed E-state index contributed by atoms with van der Waals surface area (Å²) in [6.45, 7) is 7.66. The van der Waals surface area contributed by atoms with Gasteiger partial charge in [-0.2, -0.15) is 0 Å². The van der Waals surface area contributed by atoms with Gasteiger partial charge in [-0.15, -0.1) is 21.5 Å². The van der Waals surface area contributed by atoms with Gasteiger partial charge in [0.05, 0.1) is 24.6 Å². The Balaban J connectivity index is 1.60. The molecule has 5 rings (SSSR count). The lowest BCUT2D eigenvalue weighted by atomic mass is 9.96. The fourth-order valence-corrected chi connectivity index (χ4v) is 7.02. The summed E-state index contributed by atoms with van der Waals surface area (Å²) in [5.74, 6) is 2.04. The summed E-state index contributed by atoms with van der Waals surface area (Å²) in [6.07, 6.45) is 7.16. The second-order valence-electron chi connectivity index (χ2n) is 9.74. The van der Waals surface area contributed by atoms with Gasteiger partial charge in [0, 0.05) is 17.1 Å². The first-order valence-electron chi connectivity index (χ1n) is 12.8. The van der Waals surface area contributed by atoms with Crippen LogP contribution < -0.4 is 5.56 Å². The molecule has 1 aliphatic rings. The van der Waals surface area contributed by atoms with E-state index in [1.165, 1.54) is 25.7 Å². The number of nitrogens with zero attached hydrogens (tertiary/aromatic N) is 4. The van der Waals surface area contributed by atoms with Crippen LogP contribution in [0.15, 0.2) is 40.3 Å².